The summed E-state index contributed by atoms with van der Waals surface area (Å²) in [7, 11) is 0. The van der Waals surface area contributed by atoms with Crippen LogP contribution in [0.2, 0.25) is 0 Å². The summed E-state index contributed by atoms with van der Waals surface area (Å²) < 4.78 is 52.3. The third-order valence-corrected chi connectivity index (χ3v) is 5.17. The molecule has 8 heteroatoms. The second-order valence-electron chi connectivity index (χ2n) is 5.98. The molecule has 3 nitrogen and oxygen atoms in total. The van der Waals surface area contributed by atoms with Gasteiger partial charge in [0.25, 0.3) is 0 Å². The third-order valence-electron chi connectivity index (χ3n) is 4.30. The second-order valence-corrected chi connectivity index (χ2v) is 7.09. The first-order valence-corrected chi connectivity index (χ1v) is 8.43. The average molecular weight is 359 g/mol. The molecule has 2 N–H and O–H groups in total. The number of hydrogen-bond acceptors (Lipinski definition) is 4. The molecule has 0 spiro atoms. The van der Waals surface area contributed by atoms with Gasteiger partial charge in [0.2, 0.25) is 0 Å². The topological polar surface area (TPSA) is 42.1 Å². The number of nitrogens with zero attached hydrogens (tertiary/aromatic N) is 2. The van der Waals surface area contributed by atoms with Crippen molar-refractivity contribution < 1.29 is 17.6 Å². The number of anilines is 1. The van der Waals surface area contributed by atoms with Crippen molar-refractivity contribution in [3.8, 4) is 11.3 Å². The van der Waals surface area contributed by atoms with Crippen LogP contribution in [0, 0.1) is 5.82 Å². The summed E-state index contributed by atoms with van der Waals surface area (Å²) in [4.78, 5) is 7.24. The van der Waals surface area contributed by atoms with E-state index in [0.717, 1.165) is 36.4 Å². The number of thiazole rings is 1. The molecule has 24 heavy (non-hydrogen) atoms. The number of aromatic nitrogens is 1. The zero-order chi connectivity index (χ0) is 17.5. The molecule has 1 aliphatic rings. The van der Waals surface area contributed by atoms with Crippen molar-refractivity contribution in [3.05, 3.63) is 34.5 Å². The molecule has 0 aliphatic carbocycles. The molecule has 2 aromatic rings. The van der Waals surface area contributed by atoms with E-state index in [0.29, 0.717) is 23.4 Å². The summed E-state index contributed by atoms with van der Waals surface area (Å²) in [5.74, 6) is -1.29. The molecule has 0 saturated carbocycles. The Labute approximate surface area is 141 Å². The maximum atomic E-state index is 13.5. The van der Waals surface area contributed by atoms with E-state index in [-0.39, 0.29) is 5.56 Å². The van der Waals surface area contributed by atoms with Gasteiger partial charge in [-0.3, -0.25) is 4.90 Å². The van der Waals surface area contributed by atoms with Gasteiger partial charge in [-0.25, -0.2) is 9.37 Å². The average Bonchev–Trinajstić information content (AvgIpc) is 3.05. The van der Waals surface area contributed by atoms with Crippen LogP contribution in [0.1, 0.15) is 30.2 Å². The van der Waals surface area contributed by atoms with Crippen molar-refractivity contribution in [1.82, 2.24) is 9.88 Å². The molecule has 0 amide bonds. The van der Waals surface area contributed by atoms with Crippen LogP contribution >= 0.6 is 11.3 Å². The SMILES string of the molecule is CC1CCCN1Cc1sc(N)nc1-c1ccc(F)c(C(F)(F)F)c1. The zero-order valence-corrected chi connectivity index (χ0v) is 13.8. The molecule has 1 atom stereocenters. The normalized spacial score (nSPS) is 19.1. The van der Waals surface area contributed by atoms with Gasteiger partial charge in [-0.05, 0) is 44.5 Å². The highest BCUT2D eigenvalue weighted by molar-refractivity contribution is 7.15. The minimum Gasteiger partial charge on any atom is -0.375 e. The van der Waals surface area contributed by atoms with Gasteiger partial charge in [-0.15, -0.1) is 11.3 Å². The molecule has 1 aliphatic heterocycles. The number of rotatable bonds is 3. The monoisotopic (exact) mass is 359 g/mol. The van der Waals surface area contributed by atoms with Crippen molar-refractivity contribution in [2.24, 2.45) is 0 Å². The molecule has 2 heterocycles. The Morgan fingerprint density at radius 3 is 2.75 bits per heavy atom. The van der Waals surface area contributed by atoms with Gasteiger partial charge in [0.15, 0.2) is 5.13 Å². The summed E-state index contributed by atoms with van der Waals surface area (Å²) in [5.41, 5.74) is 5.13. The molecular formula is C16H17F4N3S. The molecule has 0 bridgehead atoms. The lowest BCUT2D eigenvalue weighted by Gasteiger charge is -2.20. The summed E-state index contributed by atoms with van der Waals surface area (Å²) >= 11 is 1.27. The van der Waals surface area contributed by atoms with Crippen LogP contribution in [0.25, 0.3) is 11.3 Å². The molecule has 0 radical (unpaired) electrons. The lowest BCUT2D eigenvalue weighted by molar-refractivity contribution is -0.139. The van der Waals surface area contributed by atoms with Crippen LogP contribution in [0.3, 0.4) is 0 Å². The van der Waals surface area contributed by atoms with E-state index in [2.05, 4.69) is 16.8 Å². The fourth-order valence-corrected chi connectivity index (χ4v) is 3.88. The minimum absolute atomic E-state index is 0.235. The molecule has 1 fully saturated rings. The number of alkyl halides is 3. The van der Waals surface area contributed by atoms with E-state index in [1.165, 1.54) is 17.4 Å². The summed E-state index contributed by atoms with van der Waals surface area (Å²) in [5, 5.41) is 0.296. The van der Waals surface area contributed by atoms with E-state index in [9.17, 15) is 17.6 Å². The van der Waals surface area contributed by atoms with Crippen LogP contribution in [0.4, 0.5) is 22.7 Å². The quantitative estimate of drug-likeness (QED) is 0.819. The van der Waals surface area contributed by atoms with Crippen LogP contribution in [-0.2, 0) is 12.7 Å². The fourth-order valence-electron chi connectivity index (χ4n) is 3.00. The molecule has 1 unspecified atom stereocenters. The van der Waals surface area contributed by atoms with Crippen LogP contribution < -0.4 is 5.73 Å². The number of benzene rings is 1. The maximum absolute atomic E-state index is 13.5. The minimum atomic E-state index is -4.74. The van der Waals surface area contributed by atoms with Gasteiger partial charge in [-0.1, -0.05) is 0 Å². The number of likely N-dealkylation sites (tertiary alicyclic amines) is 1. The Hall–Kier alpha value is -1.67. The smallest absolute Gasteiger partial charge is 0.375 e. The Morgan fingerprint density at radius 2 is 2.12 bits per heavy atom. The van der Waals surface area contributed by atoms with E-state index in [1.54, 1.807) is 0 Å². The van der Waals surface area contributed by atoms with Crippen molar-refractivity contribution in [3.63, 3.8) is 0 Å². The Balaban J connectivity index is 1.98. The van der Waals surface area contributed by atoms with E-state index in [4.69, 9.17) is 5.73 Å². The van der Waals surface area contributed by atoms with Gasteiger partial charge < -0.3 is 5.73 Å². The van der Waals surface area contributed by atoms with Crippen LogP contribution in [-0.4, -0.2) is 22.5 Å². The van der Waals surface area contributed by atoms with Crippen LogP contribution in [0.15, 0.2) is 18.2 Å². The molecule has 1 aromatic heterocycles. The number of hydrogen-bond donors (Lipinski definition) is 1. The lowest BCUT2D eigenvalue weighted by atomic mass is 10.1. The predicted molar refractivity (Wildman–Crippen MR) is 86.0 cm³/mol. The largest absolute Gasteiger partial charge is 0.419 e. The molecule has 3 rings (SSSR count). The van der Waals surface area contributed by atoms with Crippen molar-refractivity contribution in [2.75, 3.05) is 12.3 Å². The Bertz CT molecular complexity index is 741. The molecular weight excluding hydrogens is 342 g/mol. The molecule has 1 aromatic carbocycles. The first kappa shape index (κ1) is 17.2. The zero-order valence-electron chi connectivity index (χ0n) is 13.0. The number of halogens is 4. The highest BCUT2D eigenvalue weighted by Crippen LogP contribution is 2.37. The first-order valence-electron chi connectivity index (χ1n) is 7.62. The van der Waals surface area contributed by atoms with Crippen molar-refractivity contribution in [2.45, 2.75) is 38.5 Å². The van der Waals surface area contributed by atoms with Crippen molar-refractivity contribution in [1.29, 1.82) is 0 Å². The standard InChI is InChI=1S/C16H17F4N3S/c1-9-3-2-6-23(9)8-13-14(22-15(21)24-13)10-4-5-12(17)11(7-10)16(18,19)20/h4-5,7,9H,2-3,6,8H2,1H3,(H2,21,22). The van der Waals surface area contributed by atoms with Gasteiger partial charge in [0.05, 0.1) is 11.3 Å². The third kappa shape index (κ3) is 3.39. The number of nitrogens with two attached hydrogens (primary N) is 1. The molecule has 130 valence electrons. The fraction of sp³-hybridized carbons (Fsp3) is 0.438. The van der Waals surface area contributed by atoms with Crippen LogP contribution in [0.5, 0.6) is 0 Å². The summed E-state index contributed by atoms with van der Waals surface area (Å²) in [6, 6.07) is 3.37. The maximum Gasteiger partial charge on any atom is 0.419 e. The van der Waals surface area contributed by atoms with E-state index < -0.39 is 17.6 Å². The van der Waals surface area contributed by atoms with Crippen molar-refractivity contribution >= 4 is 16.5 Å². The van der Waals surface area contributed by atoms with E-state index >= 15 is 0 Å². The van der Waals surface area contributed by atoms with Gasteiger partial charge >= 0.3 is 6.18 Å². The van der Waals surface area contributed by atoms with Gasteiger partial charge in [0.1, 0.15) is 5.82 Å². The summed E-state index contributed by atoms with van der Waals surface area (Å²) in [6.45, 7) is 3.65. The summed E-state index contributed by atoms with van der Waals surface area (Å²) in [6.07, 6.45) is -2.55. The second kappa shape index (κ2) is 6.33. The highest BCUT2D eigenvalue weighted by atomic mass is 32.1. The predicted octanol–water partition coefficient (Wildman–Crippen LogP) is 4.53. The Kier molecular flexibility index (Phi) is 4.52. The Morgan fingerprint density at radius 1 is 1.38 bits per heavy atom. The first-order chi connectivity index (χ1) is 11.3. The van der Waals surface area contributed by atoms with E-state index in [1.807, 2.05) is 0 Å². The van der Waals surface area contributed by atoms with Gasteiger partial charge in [-0.2, -0.15) is 13.2 Å². The highest BCUT2D eigenvalue weighted by Gasteiger charge is 2.34. The van der Waals surface area contributed by atoms with Gasteiger partial charge in [0, 0.05) is 23.0 Å². The lowest BCUT2D eigenvalue weighted by Crippen LogP contribution is -2.25. The molecule has 1 saturated heterocycles. The number of nitrogen functional groups attached to an aromatic ring is 1.